The molecular formula is C32H28N2O4S2. The van der Waals surface area contributed by atoms with E-state index in [1.165, 1.54) is 30.3 Å². The highest BCUT2D eigenvalue weighted by atomic mass is 32.2. The van der Waals surface area contributed by atoms with Gasteiger partial charge in [0.15, 0.2) is 4.75 Å². The maximum absolute atomic E-state index is 14.7. The minimum atomic E-state index is -4.51. The van der Waals surface area contributed by atoms with Gasteiger partial charge in [-0.1, -0.05) is 90.0 Å². The number of benzene rings is 4. The molecule has 0 N–H and O–H groups in total. The Labute approximate surface area is 235 Å². The largest absolute Gasteiger partial charge is 0.264 e. The molecule has 4 aromatic carbocycles. The van der Waals surface area contributed by atoms with Crippen LogP contribution in [0.5, 0.6) is 0 Å². The molecule has 5 rings (SSSR count). The molecular weight excluding hydrogens is 540 g/mol. The van der Waals surface area contributed by atoms with E-state index in [9.17, 15) is 22.1 Å². The van der Waals surface area contributed by atoms with E-state index in [0.29, 0.717) is 16.8 Å². The molecule has 0 radical (unpaired) electrons. The molecule has 202 valence electrons. The smallest absolute Gasteiger partial charge is 0.256 e. The summed E-state index contributed by atoms with van der Waals surface area (Å²) in [6, 6.07) is 28.5. The molecule has 0 spiro atoms. The lowest BCUT2D eigenvalue weighted by molar-refractivity contribution is 0.456. The average molecular weight is 569 g/mol. The van der Waals surface area contributed by atoms with Crippen molar-refractivity contribution in [3.05, 3.63) is 138 Å². The normalized spacial score (nSPS) is 20.8. The van der Waals surface area contributed by atoms with Crippen molar-refractivity contribution >= 4 is 25.5 Å². The summed E-state index contributed by atoms with van der Waals surface area (Å²) in [4.78, 5) is -0.0836. The summed E-state index contributed by atoms with van der Waals surface area (Å²) in [5.74, 6) is -1.05. The number of allylic oxidation sites excluding steroid dienone is 1. The quantitative estimate of drug-likeness (QED) is 0.256. The van der Waals surface area contributed by atoms with Crippen molar-refractivity contribution in [1.29, 1.82) is 5.26 Å². The molecule has 0 saturated carbocycles. The van der Waals surface area contributed by atoms with Crippen molar-refractivity contribution in [2.45, 2.75) is 40.3 Å². The van der Waals surface area contributed by atoms with Crippen LogP contribution in [0.4, 0.5) is 5.69 Å². The van der Waals surface area contributed by atoms with Gasteiger partial charge in [-0.3, -0.25) is 4.31 Å². The Balaban J connectivity index is 1.97. The Morgan fingerprint density at radius 3 is 1.95 bits per heavy atom. The van der Waals surface area contributed by atoms with Crippen LogP contribution in [-0.2, 0) is 19.9 Å². The maximum Gasteiger partial charge on any atom is 0.264 e. The Morgan fingerprint density at radius 1 is 0.800 bits per heavy atom. The zero-order chi connectivity index (χ0) is 28.7. The molecule has 1 aliphatic heterocycles. The SMILES string of the molecule is C=C[C@@H]1c2cc(C)ccc2N(S(=O)(=O)c2ccc(C)cc2)[C@H](c2ccccc2)C1(C#N)S(=O)(=O)c1ccccc1. The molecule has 1 unspecified atom stereocenters. The summed E-state index contributed by atoms with van der Waals surface area (Å²) in [6.45, 7) is 7.65. The number of nitriles is 1. The van der Waals surface area contributed by atoms with Crippen LogP contribution in [0, 0.1) is 25.2 Å². The van der Waals surface area contributed by atoms with Crippen LogP contribution in [0.3, 0.4) is 0 Å². The van der Waals surface area contributed by atoms with E-state index in [1.807, 2.05) is 13.8 Å². The van der Waals surface area contributed by atoms with E-state index in [-0.39, 0.29) is 9.79 Å². The minimum Gasteiger partial charge on any atom is -0.256 e. The molecule has 6 nitrogen and oxygen atoms in total. The van der Waals surface area contributed by atoms with Gasteiger partial charge < -0.3 is 0 Å². The van der Waals surface area contributed by atoms with E-state index < -0.39 is 36.6 Å². The Morgan fingerprint density at radius 2 is 1.38 bits per heavy atom. The van der Waals surface area contributed by atoms with E-state index in [0.717, 1.165) is 15.4 Å². The third kappa shape index (κ3) is 4.05. The molecule has 0 saturated heterocycles. The van der Waals surface area contributed by atoms with Crippen LogP contribution in [-0.4, -0.2) is 21.6 Å². The summed E-state index contributed by atoms with van der Waals surface area (Å²) in [5, 5.41) is 11.1. The third-order valence-corrected chi connectivity index (χ3v) is 11.6. The van der Waals surface area contributed by atoms with Crippen molar-refractivity contribution in [1.82, 2.24) is 0 Å². The van der Waals surface area contributed by atoms with E-state index in [2.05, 4.69) is 12.6 Å². The summed E-state index contributed by atoms with van der Waals surface area (Å²) in [7, 11) is -8.88. The van der Waals surface area contributed by atoms with Crippen LogP contribution in [0.15, 0.2) is 126 Å². The summed E-state index contributed by atoms with van der Waals surface area (Å²) < 4.78 is 57.5. The van der Waals surface area contributed by atoms with E-state index in [4.69, 9.17) is 0 Å². The fraction of sp³-hybridized carbons (Fsp3) is 0.156. The van der Waals surface area contributed by atoms with Crippen LogP contribution < -0.4 is 4.31 Å². The molecule has 0 fully saturated rings. The fourth-order valence-corrected chi connectivity index (χ4v) is 9.43. The first-order valence-corrected chi connectivity index (χ1v) is 15.6. The predicted molar refractivity (Wildman–Crippen MR) is 156 cm³/mol. The Kier molecular flexibility index (Phi) is 6.90. The van der Waals surface area contributed by atoms with Crippen molar-refractivity contribution in [3.63, 3.8) is 0 Å². The van der Waals surface area contributed by atoms with Crippen molar-refractivity contribution < 1.29 is 16.8 Å². The molecule has 40 heavy (non-hydrogen) atoms. The van der Waals surface area contributed by atoms with Crippen LogP contribution in [0.1, 0.15) is 34.2 Å². The first-order chi connectivity index (χ1) is 19.1. The summed E-state index contributed by atoms with van der Waals surface area (Å²) in [6.07, 6.45) is 1.45. The second-order valence-electron chi connectivity index (χ2n) is 9.92. The number of aryl methyl sites for hydroxylation is 2. The van der Waals surface area contributed by atoms with Gasteiger partial charge in [0, 0.05) is 5.92 Å². The lowest BCUT2D eigenvalue weighted by Gasteiger charge is -2.50. The topological polar surface area (TPSA) is 95.3 Å². The molecule has 1 aliphatic rings. The molecule has 0 aliphatic carbocycles. The van der Waals surface area contributed by atoms with Gasteiger partial charge in [0.25, 0.3) is 10.0 Å². The molecule has 0 bridgehead atoms. The lowest BCUT2D eigenvalue weighted by Crippen LogP contribution is -2.58. The molecule has 4 aromatic rings. The number of rotatable bonds is 6. The van der Waals surface area contributed by atoms with E-state index >= 15 is 0 Å². The van der Waals surface area contributed by atoms with Gasteiger partial charge in [0.2, 0.25) is 9.84 Å². The molecule has 1 heterocycles. The second-order valence-corrected chi connectivity index (χ2v) is 13.9. The van der Waals surface area contributed by atoms with Gasteiger partial charge in [-0.15, -0.1) is 6.58 Å². The van der Waals surface area contributed by atoms with Crippen LogP contribution in [0.25, 0.3) is 0 Å². The number of hydrogen-bond acceptors (Lipinski definition) is 5. The number of nitrogens with zero attached hydrogens (tertiary/aromatic N) is 2. The monoisotopic (exact) mass is 568 g/mol. The standard InChI is InChI=1S/C32H28N2O4S2/c1-4-29-28-21-24(3)17-20-30(28)34(40(37,38)27-18-15-23(2)16-19-27)31(25-11-7-5-8-12-25)32(29,22-33)39(35,36)26-13-9-6-10-14-26/h4-21,29,31H,1H2,2-3H3/t29-,31-,32?/m1/s1. The Bertz CT molecular complexity index is 1830. The van der Waals surface area contributed by atoms with Gasteiger partial charge >= 0.3 is 0 Å². The average Bonchev–Trinajstić information content (AvgIpc) is 2.96. The number of sulfonamides is 1. The van der Waals surface area contributed by atoms with Gasteiger partial charge in [0.1, 0.15) is 6.04 Å². The highest BCUT2D eigenvalue weighted by Gasteiger charge is 2.64. The zero-order valence-electron chi connectivity index (χ0n) is 22.1. The highest BCUT2D eigenvalue weighted by molar-refractivity contribution is 7.94. The number of hydrogen-bond donors (Lipinski definition) is 0. The minimum absolute atomic E-state index is 0.00782. The zero-order valence-corrected chi connectivity index (χ0v) is 23.7. The van der Waals surface area contributed by atoms with Crippen molar-refractivity contribution in [2.24, 2.45) is 0 Å². The lowest BCUT2D eigenvalue weighted by atomic mass is 9.74. The maximum atomic E-state index is 14.7. The van der Waals surface area contributed by atoms with Crippen LogP contribution in [0.2, 0.25) is 0 Å². The molecule has 8 heteroatoms. The number of anilines is 1. The fourth-order valence-electron chi connectivity index (χ4n) is 5.55. The van der Waals surface area contributed by atoms with Crippen LogP contribution >= 0.6 is 0 Å². The van der Waals surface area contributed by atoms with Crippen molar-refractivity contribution in [3.8, 4) is 6.07 Å². The van der Waals surface area contributed by atoms with Gasteiger partial charge in [0.05, 0.1) is 21.5 Å². The molecule has 0 amide bonds. The first-order valence-electron chi connectivity index (χ1n) is 12.7. The summed E-state index contributed by atoms with van der Waals surface area (Å²) in [5.41, 5.74) is 2.74. The van der Waals surface area contributed by atoms with Gasteiger partial charge in [-0.25, -0.2) is 16.8 Å². The predicted octanol–water partition coefficient (Wildman–Crippen LogP) is 6.26. The summed E-state index contributed by atoms with van der Waals surface area (Å²) >= 11 is 0. The number of fused-ring (bicyclic) bond motifs is 1. The highest BCUT2D eigenvalue weighted by Crippen LogP contribution is 2.58. The first kappa shape index (κ1) is 27.4. The second kappa shape index (κ2) is 10.1. The van der Waals surface area contributed by atoms with Crippen molar-refractivity contribution in [2.75, 3.05) is 4.31 Å². The number of sulfone groups is 1. The molecule has 3 atom stereocenters. The van der Waals surface area contributed by atoms with Gasteiger partial charge in [-0.05, 0) is 55.3 Å². The Hall–Kier alpha value is -4.19. The molecule has 0 aromatic heterocycles. The third-order valence-electron chi connectivity index (χ3n) is 7.46. The van der Waals surface area contributed by atoms with E-state index in [1.54, 1.807) is 78.9 Å². The van der Waals surface area contributed by atoms with Gasteiger partial charge in [-0.2, -0.15) is 5.26 Å².